The smallest absolute Gasteiger partial charge is 0.255 e. The van der Waals surface area contributed by atoms with Gasteiger partial charge >= 0.3 is 0 Å². The topological polar surface area (TPSA) is 132 Å². The largest absolute Gasteiger partial charge is 0.755 e. The number of nitrogens with two attached hydrogens (primary N) is 1. The first-order valence-electron chi connectivity index (χ1n) is 12.2. The third-order valence-electron chi connectivity index (χ3n) is 6.78. The molecular weight excluding hydrogens is 509 g/mol. The highest BCUT2D eigenvalue weighted by molar-refractivity contribution is 7.80. The number of anilines is 2. The van der Waals surface area contributed by atoms with Crippen molar-refractivity contribution in [2.75, 3.05) is 23.7 Å². The van der Waals surface area contributed by atoms with Crippen LogP contribution in [0.15, 0.2) is 59.0 Å². The minimum atomic E-state index is -2.62. The van der Waals surface area contributed by atoms with E-state index in [1.807, 2.05) is 6.07 Å². The van der Waals surface area contributed by atoms with E-state index in [1.165, 1.54) is 35.6 Å². The average molecular weight is 537 g/mol. The Balaban J connectivity index is 1.65. The van der Waals surface area contributed by atoms with Gasteiger partial charge in [0.05, 0.1) is 17.8 Å². The molecule has 1 aliphatic carbocycles. The second-order valence-electron chi connectivity index (χ2n) is 9.33. The van der Waals surface area contributed by atoms with Crippen LogP contribution in [0.3, 0.4) is 0 Å². The summed E-state index contributed by atoms with van der Waals surface area (Å²) in [6.07, 6.45) is 2.16. The van der Waals surface area contributed by atoms with Gasteiger partial charge in [-0.05, 0) is 78.3 Å². The number of nitrogens with zero attached hydrogens (tertiary/aromatic N) is 1. The molecule has 1 unspecified atom stereocenters. The zero-order valence-electron chi connectivity index (χ0n) is 20.7. The molecule has 1 aromatic heterocycles. The number of nitrogens with one attached hydrogen (secondary N) is 1. The number of hydrogen-bond acceptors (Lipinski definition) is 6. The Morgan fingerprint density at radius 1 is 1.21 bits per heavy atom. The molecule has 0 bridgehead atoms. The van der Waals surface area contributed by atoms with Gasteiger partial charge in [-0.15, -0.1) is 0 Å². The minimum Gasteiger partial charge on any atom is -0.755 e. The number of amides is 1. The lowest BCUT2D eigenvalue weighted by molar-refractivity contribution is 0.0964. The Labute approximate surface area is 221 Å². The van der Waals surface area contributed by atoms with Crippen molar-refractivity contribution in [2.24, 2.45) is 0 Å². The second kappa shape index (κ2) is 10.6. The number of benzene rings is 3. The van der Waals surface area contributed by atoms with Gasteiger partial charge in [0.15, 0.2) is 0 Å². The third-order valence-corrected chi connectivity index (χ3v) is 7.46. The Kier molecular flexibility index (Phi) is 7.20. The number of hydrogen-bond donors (Lipinski definition) is 3. The highest BCUT2D eigenvalue weighted by Gasteiger charge is 2.31. The highest BCUT2D eigenvalue weighted by atomic mass is 32.2. The Morgan fingerprint density at radius 2 is 1.95 bits per heavy atom. The predicted molar refractivity (Wildman–Crippen MR) is 144 cm³/mol. The number of halogens is 1. The molecule has 1 atom stereocenters. The van der Waals surface area contributed by atoms with Crippen LogP contribution >= 0.6 is 0 Å². The first-order chi connectivity index (χ1) is 18.3. The second-order valence-corrected chi connectivity index (χ2v) is 10.2. The molecule has 8 nitrogen and oxygen atoms in total. The fourth-order valence-electron chi connectivity index (χ4n) is 4.72. The van der Waals surface area contributed by atoms with Crippen LogP contribution in [0.5, 0.6) is 0 Å². The molecule has 1 heterocycles. The van der Waals surface area contributed by atoms with Gasteiger partial charge in [-0.25, -0.2) is 4.39 Å². The maximum Gasteiger partial charge on any atom is 0.255 e. The first kappa shape index (κ1) is 25.9. The van der Waals surface area contributed by atoms with E-state index in [0.717, 1.165) is 24.0 Å². The summed E-state index contributed by atoms with van der Waals surface area (Å²) in [6, 6.07) is 14.4. The molecule has 0 aliphatic heterocycles. The lowest BCUT2D eigenvalue weighted by atomic mass is 10.00. The van der Waals surface area contributed by atoms with Crippen LogP contribution in [0.2, 0.25) is 0 Å². The van der Waals surface area contributed by atoms with Crippen molar-refractivity contribution in [1.29, 1.82) is 0 Å². The molecule has 198 valence electrons. The van der Waals surface area contributed by atoms with Crippen molar-refractivity contribution < 1.29 is 27.5 Å². The summed E-state index contributed by atoms with van der Waals surface area (Å²) in [5.74, 6) is -0.345. The molecule has 4 aromatic rings. The van der Waals surface area contributed by atoms with Crippen molar-refractivity contribution in [2.45, 2.75) is 31.7 Å². The lowest BCUT2D eigenvalue weighted by Gasteiger charge is -2.29. The van der Waals surface area contributed by atoms with Crippen molar-refractivity contribution >= 4 is 39.5 Å². The van der Waals surface area contributed by atoms with Gasteiger partial charge in [0, 0.05) is 47.6 Å². The van der Waals surface area contributed by atoms with Gasteiger partial charge in [0.2, 0.25) is 0 Å². The summed E-state index contributed by atoms with van der Waals surface area (Å²) in [5.41, 5.74) is 10.5. The zero-order valence-corrected chi connectivity index (χ0v) is 21.5. The number of fused-ring (bicyclic) bond motifs is 1. The van der Waals surface area contributed by atoms with E-state index in [-0.39, 0.29) is 30.7 Å². The van der Waals surface area contributed by atoms with Crippen molar-refractivity contribution in [1.82, 2.24) is 5.32 Å². The fourth-order valence-corrected chi connectivity index (χ4v) is 5.29. The molecule has 1 amide bonds. The van der Waals surface area contributed by atoms with E-state index in [0.29, 0.717) is 45.5 Å². The molecule has 4 N–H and O–H groups in total. The number of furan rings is 1. The maximum atomic E-state index is 13.6. The van der Waals surface area contributed by atoms with Crippen LogP contribution in [0, 0.1) is 5.82 Å². The third kappa shape index (κ3) is 5.02. The van der Waals surface area contributed by atoms with E-state index in [2.05, 4.69) is 5.32 Å². The van der Waals surface area contributed by atoms with E-state index < -0.39 is 17.1 Å². The average Bonchev–Trinajstić information content (AvgIpc) is 3.68. The molecule has 3 aromatic carbocycles. The minimum absolute atomic E-state index is 0.0495. The van der Waals surface area contributed by atoms with Gasteiger partial charge in [-0.3, -0.25) is 13.3 Å². The molecule has 1 saturated carbocycles. The molecule has 5 rings (SSSR count). The highest BCUT2D eigenvalue weighted by Crippen LogP contribution is 2.48. The molecule has 38 heavy (non-hydrogen) atoms. The monoisotopic (exact) mass is 536 g/mol. The number of carbonyl (C=O) groups excluding carboxylic acids is 1. The van der Waals surface area contributed by atoms with Crippen LogP contribution in [-0.2, 0) is 24.2 Å². The van der Waals surface area contributed by atoms with Crippen LogP contribution in [0.1, 0.15) is 45.8 Å². The molecule has 1 aliphatic rings. The predicted octanol–water partition coefficient (Wildman–Crippen LogP) is 4.39. The van der Waals surface area contributed by atoms with Crippen LogP contribution in [-0.4, -0.2) is 33.4 Å². The maximum absolute atomic E-state index is 13.6. The normalized spacial score (nSPS) is 14.0. The molecular formula is C28H27FN3O5S-. The number of nitrogen functional groups attached to an aromatic ring is 1. The van der Waals surface area contributed by atoms with Crippen LogP contribution in [0.25, 0.3) is 22.3 Å². The van der Waals surface area contributed by atoms with E-state index in [9.17, 15) is 23.1 Å². The van der Waals surface area contributed by atoms with Crippen molar-refractivity contribution in [3.8, 4) is 11.3 Å². The van der Waals surface area contributed by atoms with Gasteiger partial charge in [0.1, 0.15) is 17.2 Å². The lowest BCUT2D eigenvalue weighted by Crippen LogP contribution is -2.26. The Morgan fingerprint density at radius 3 is 2.58 bits per heavy atom. The summed E-state index contributed by atoms with van der Waals surface area (Å²) in [4.78, 5) is 12.9. The quantitative estimate of drug-likeness (QED) is 0.215. The number of rotatable bonds is 9. The Hall–Kier alpha value is -3.73. The van der Waals surface area contributed by atoms with Crippen LogP contribution < -0.4 is 15.4 Å². The van der Waals surface area contributed by atoms with Gasteiger partial charge in [0.25, 0.3) is 5.91 Å². The summed E-state index contributed by atoms with van der Waals surface area (Å²) in [7, 11) is 1.52. The molecule has 0 spiro atoms. The number of aliphatic hydroxyl groups excluding tert-OH is 1. The molecule has 1 fully saturated rings. The zero-order chi connectivity index (χ0) is 27.0. The SMILES string of the molecule is CNC(=O)c1c(-c2ccc(F)cc2)oc2cc(N(Cc3ccc(N)c(CCO)c3)S(=O)[O-])c(C3CC3)cc12. The standard InChI is InChI=1S/C28H28FN3O5S/c1-31-28(34)26-22-13-21(17-3-4-17)24(14-25(22)37-27(26)18-5-7-20(29)8-6-18)32(38(35)36)15-16-2-9-23(30)19(12-16)10-11-33/h2,5-9,12-14,17,33H,3-4,10-11,15,30H2,1H3,(H,31,34)(H,35,36)/p-1. The Bertz CT molecular complexity index is 1530. The van der Waals surface area contributed by atoms with Crippen LogP contribution in [0.4, 0.5) is 15.8 Å². The summed E-state index contributed by atoms with van der Waals surface area (Å²) in [5, 5.41) is 12.5. The van der Waals surface area contributed by atoms with Crippen molar-refractivity contribution in [3.05, 3.63) is 82.7 Å². The van der Waals surface area contributed by atoms with E-state index in [4.69, 9.17) is 10.2 Å². The fraction of sp³-hybridized carbons (Fsp3) is 0.250. The summed E-state index contributed by atoms with van der Waals surface area (Å²) >= 11 is -2.62. The first-order valence-corrected chi connectivity index (χ1v) is 13.3. The summed E-state index contributed by atoms with van der Waals surface area (Å²) in [6.45, 7) is -0.0240. The van der Waals surface area contributed by atoms with Gasteiger partial charge < -0.3 is 25.1 Å². The van der Waals surface area contributed by atoms with Gasteiger partial charge in [-0.2, -0.15) is 0 Å². The van der Waals surface area contributed by atoms with Crippen molar-refractivity contribution in [3.63, 3.8) is 0 Å². The molecule has 0 radical (unpaired) electrons. The molecule has 10 heteroatoms. The number of aliphatic hydroxyl groups is 1. The summed E-state index contributed by atoms with van der Waals surface area (Å²) < 4.78 is 46.0. The van der Waals surface area contributed by atoms with Gasteiger partial charge in [-0.1, -0.05) is 12.1 Å². The number of carbonyl (C=O) groups is 1. The van der Waals surface area contributed by atoms with E-state index >= 15 is 0 Å². The van der Waals surface area contributed by atoms with E-state index in [1.54, 1.807) is 24.3 Å². The molecule has 0 saturated heterocycles.